The summed E-state index contributed by atoms with van der Waals surface area (Å²) in [6, 6.07) is 16.7. The molecule has 2 rings (SSSR count). The lowest BCUT2D eigenvalue weighted by Crippen LogP contribution is -2.46. The number of carbonyl (C=O) groups excluding carboxylic acids is 5. The number of hydrogen-bond donors (Lipinski definition) is 3. The highest BCUT2D eigenvalue weighted by atomic mass is 16.6. The summed E-state index contributed by atoms with van der Waals surface area (Å²) in [6.07, 6.45) is -1.72. The van der Waals surface area contributed by atoms with E-state index in [1.54, 1.807) is 76.2 Å². The molecular weight excluding hydrogens is 666 g/mol. The highest BCUT2D eigenvalue weighted by molar-refractivity contribution is 5.88. The molecule has 0 bridgehead atoms. The molecule has 52 heavy (non-hydrogen) atoms. The molecule has 12 nitrogen and oxygen atoms in total. The SMILES string of the molecule is CC(=N)C(CC(NC(=O)OC(C)(C)C)C(=O)OC(C)C)c1ccccc1.CC(=O)C(CC(NC(=O)OC(C)(C)C)C(=O)OC(C)C)c1ccccc1. The van der Waals surface area contributed by atoms with Gasteiger partial charge in [-0.1, -0.05) is 60.7 Å². The third-order valence-electron chi connectivity index (χ3n) is 7.01. The molecule has 4 atom stereocenters. The van der Waals surface area contributed by atoms with Gasteiger partial charge in [0.15, 0.2) is 0 Å². The van der Waals surface area contributed by atoms with Crippen molar-refractivity contribution in [2.24, 2.45) is 0 Å². The van der Waals surface area contributed by atoms with E-state index in [1.807, 2.05) is 60.7 Å². The number of ketones is 1. The van der Waals surface area contributed by atoms with E-state index < -0.39 is 53.3 Å². The van der Waals surface area contributed by atoms with Gasteiger partial charge in [-0.3, -0.25) is 4.79 Å². The van der Waals surface area contributed by atoms with Crippen molar-refractivity contribution in [3.05, 3.63) is 71.8 Å². The van der Waals surface area contributed by atoms with Crippen molar-refractivity contribution < 1.29 is 42.9 Å². The predicted octanol–water partition coefficient (Wildman–Crippen LogP) is 7.64. The topological polar surface area (TPSA) is 170 Å². The number of Topliss-reactive ketones (excluding diaryl/α,β-unsaturated/α-hetero) is 1. The second-order valence-electron chi connectivity index (χ2n) is 15.1. The second-order valence-corrected chi connectivity index (χ2v) is 15.1. The second kappa shape index (κ2) is 20.9. The van der Waals surface area contributed by atoms with Crippen LogP contribution in [0.25, 0.3) is 0 Å². The minimum Gasteiger partial charge on any atom is -0.461 e. The average Bonchev–Trinajstić information content (AvgIpc) is 2.99. The average molecular weight is 726 g/mol. The Labute approximate surface area is 309 Å². The first-order chi connectivity index (χ1) is 24.0. The van der Waals surface area contributed by atoms with Crippen LogP contribution < -0.4 is 10.6 Å². The fourth-order valence-electron chi connectivity index (χ4n) is 4.90. The van der Waals surface area contributed by atoms with Crippen LogP contribution in [0.3, 0.4) is 0 Å². The quantitative estimate of drug-likeness (QED) is 0.101. The maximum atomic E-state index is 12.5. The number of alkyl carbamates (subject to hydrolysis) is 2. The molecule has 0 saturated carbocycles. The Morgan fingerprint density at radius 1 is 0.596 bits per heavy atom. The largest absolute Gasteiger partial charge is 0.461 e. The Hall–Kier alpha value is -4.74. The highest BCUT2D eigenvalue weighted by Crippen LogP contribution is 2.25. The summed E-state index contributed by atoms with van der Waals surface area (Å²) in [7, 11) is 0. The molecule has 0 aliphatic rings. The smallest absolute Gasteiger partial charge is 0.408 e. The van der Waals surface area contributed by atoms with Crippen LogP contribution in [0.1, 0.15) is 119 Å². The highest BCUT2D eigenvalue weighted by Gasteiger charge is 2.32. The van der Waals surface area contributed by atoms with Gasteiger partial charge in [0.05, 0.1) is 12.2 Å². The minimum atomic E-state index is -0.985. The van der Waals surface area contributed by atoms with Gasteiger partial charge >= 0.3 is 24.1 Å². The van der Waals surface area contributed by atoms with E-state index in [2.05, 4.69) is 10.6 Å². The molecule has 2 amide bonds. The van der Waals surface area contributed by atoms with E-state index in [4.69, 9.17) is 24.4 Å². The van der Waals surface area contributed by atoms with Crippen molar-refractivity contribution >= 4 is 35.6 Å². The first-order valence-electron chi connectivity index (χ1n) is 17.5. The summed E-state index contributed by atoms with van der Waals surface area (Å²) in [5.41, 5.74) is 0.731. The van der Waals surface area contributed by atoms with E-state index in [0.29, 0.717) is 5.71 Å². The Balaban J connectivity index is 0.000000520. The molecule has 288 valence electrons. The number of amides is 2. The van der Waals surface area contributed by atoms with Crippen molar-refractivity contribution in [3.63, 3.8) is 0 Å². The molecule has 0 fully saturated rings. The fourth-order valence-corrected chi connectivity index (χ4v) is 4.90. The Morgan fingerprint density at radius 3 is 1.21 bits per heavy atom. The van der Waals surface area contributed by atoms with E-state index in [0.717, 1.165) is 11.1 Å². The van der Waals surface area contributed by atoms with Gasteiger partial charge in [0.25, 0.3) is 0 Å². The molecule has 2 aromatic rings. The number of benzene rings is 2. The molecule has 0 saturated heterocycles. The third-order valence-corrected chi connectivity index (χ3v) is 7.01. The number of nitrogens with one attached hydrogen (secondary N) is 3. The van der Waals surface area contributed by atoms with E-state index in [-0.39, 0.29) is 36.8 Å². The van der Waals surface area contributed by atoms with Crippen molar-refractivity contribution in [3.8, 4) is 0 Å². The first-order valence-corrected chi connectivity index (χ1v) is 17.5. The van der Waals surface area contributed by atoms with Crippen molar-refractivity contribution in [1.82, 2.24) is 10.6 Å². The summed E-state index contributed by atoms with van der Waals surface area (Å²) >= 11 is 0. The molecule has 0 aromatic heterocycles. The van der Waals surface area contributed by atoms with Crippen LogP contribution in [0.4, 0.5) is 9.59 Å². The molecular formula is C40H59N3O9. The third kappa shape index (κ3) is 18.5. The normalized spacial score (nSPS) is 13.7. The van der Waals surface area contributed by atoms with Gasteiger partial charge in [-0.05, 0) is 107 Å². The molecule has 0 aliphatic carbocycles. The lowest BCUT2D eigenvalue weighted by Gasteiger charge is -2.26. The van der Waals surface area contributed by atoms with Gasteiger partial charge in [0.2, 0.25) is 0 Å². The number of carbonyl (C=O) groups is 5. The van der Waals surface area contributed by atoms with Gasteiger partial charge in [0.1, 0.15) is 29.1 Å². The predicted molar refractivity (Wildman–Crippen MR) is 200 cm³/mol. The molecule has 0 spiro atoms. The summed E-state index contributed by atoms with van der Waals surface area (Å²) in [5, 5.41) is 13.2. The first kappa shape index (κ1) is 45.3. The van der Waals surface area contributed by atoms with Crippen LogP contribution >= 0.6 is 0 Å². The monoisotopic (exact) mass is 725 g/mol. The van der Waals surface area contributed by atoms with Gasteiger partial charge < -0.3 is 35.0 Å². The molecule has 3 N–H and O–H groups in total. The zero-order chi connectivity index (χ0) is 39.8. The van der Waals surface area contributed by atoms with Gasteiger partial charge in [-0.15, -0.1) is 0 Å². The van der Waals surface area contributed by atoms with Crippen molar-refractivity contribution in [1.29, 1.82) is 5.41 Å². The maximum absolute atomic E-state index is 12.5. The Bertz CT molecular complexity index is 1350. The molecule has 4 unspecified atom stereocenters. The number of esters is 2. The van der Waals surface area contributed by atoms with Crippen LogP contribution in [0.5, 0.6) is 0 Å². The Kier molecular flexibility index (Phi) is 18.2. The van der Waals surface area contributed by atoms with Crippen LogP contribution in [0, 0.1) is 5.41 Å². The number of rotatable bonds is 14. The molecule has 0 heterocycles. The molecule has 0 radical (unpaired) electrons. The van der Waals surface area contributed by atoms with E-state index in [9.17, 15) is 24.0 Å². The maximum Gasteiger partial charge on any atom is 0.408 e. The van der Waals surface area contributed by atoms with Crippen LogP contribution in [0.2, 0.25) is 0 Å². The molecule has 0 aliphatic heterocycles. The summed E-state index contributed by atoms with van der Waals surface area (Å²) in [6.45, 7) is 20.6. The standard InChI is InChI=1S/C20H30N2O4.C20H29NO5/c1-13(2)25-18(23)17(22-19(24)26-20(4,5)6)12-16(14(3)21)15-10-8-7-9-11-15;1-13(2)25-18(23)17(21-19(24)26-20(4,5)6)12-16(14(3)22)15-10-8-7-9-11-15/h7-11,13,16-17,21H,12H2,1-6H3,(H,22,24);7-11,13,16-17H,12H2,1-6H3,(H,21,24). The Morgan fingerprint density at radius 2 is 0.923 bits per heavy atom. The lowest BCUT2D eigenvalue weighted by atomic mass is 9.88. The van der Waals surface area contributed by atoms with Crippen molar-refractivity contribution in [2.75, 3.05) is 0 Å². The lowest BCUT2D eigenvalue weighted by molar-refractivity contribution is -0.151. The van der Waals surface area contributed by atoms with Gasteiger partial charge in [0, 0.05) is 17.5 Å². The van der Waals surface area contributed by atoms with E-state index in [1.165, 1.54) is 6.92 Å². The summed E-state index contributed by atoms with van der Waals surface area (Å²) in [4.78, 5) is 61.3. The zero-order valence-electron chi connectivity index (χ0n) is 32.8. The van der Waals surface area contributed by atoms with Gasteiger partial charge in [-0.2, -0.15) is 0 Å². The number of ether oxygens (including phenoxy) is 4. The van der Waals surface area contributed by atoms with Crippen LogP contribution in [-0.4, -0.2) is 71.1 Å². The van der Waals surface area contributed by atoms with Crippen molar-refractivity contribution in [2.45, 2.75) is 143 Å². The zero-order valence-corrected chi connectivity index (χ0v) is 32.8. The summed E-state index contributed by atoms with van der Waals surface area (Å²) in [5.74, 6) is -2.06. The van der Waals surface area contributed by atoms with Crippen LogP contribution in [0.15, 0.2) is 60.7 Å². The molecule has 2 aromatic carbocycles. The van der Waals surface area contributed by atoms with Crippen LogP contribution in [-0.2, 0) is 33.3 Å². The molecule has 12 heteroatoms. The fraction of sp³-hybridized carbons (Fsp3) is 0.550. The number of hydrogen-bond acceptors (Lipinski definition) is 10. The van der Waals surface area contributed by atoms with Gasteiger partial charge in [-0.25, -0.2) is 19.2 Å². The summed E-state index contributed by atoms with van der Waals surface area (Å²) < 4.78 is 21.0. The minimum absolute atomic E-state index is 0.0930. The van der Waals surface area contributed by atoms with E-state index >= 15 is 0 Å².